The first-order chi connectivity index (χ1) is 8.97. The number of hydrogen-bond acceptors (Lipinski definition) is 3. The summed E-state index contributed by atoms with van der Waals surface area (Å²) >= 11 is 0. The molecule has 0 spiro atoms. The molecule has 2 rings (SSSR count). The Bertz CT molecular complexity index is 612. The summed E-state index contributed by atoms with van der Waals surface area (Å²) in [6, 6.07) is 5.71. The van der Waals surface area contributed by atoms with Crippen molar-refractivity contribution < 1.29 is 4.79 Å². The van der Waals surface area contributed by atoms with E-state index >= 15 is 0 Å². The minimum Gasteiger partial charge on any atom is -0.320 e. The second-order valence-electron chi connectivity index (χ2n) is 4.72. The van der Waals surface area contributed by atoms with Crippen LogP contribution in [-0.4, -0.2) is 15.9 Å². The normalized spacial score (nSPS) is 10.3. The molecule has 0 aliphatic heterocycles. The maximum absolute atomic E-state index is 12.2. The van der Waals surface area contributed by atoms with Crippen LogP contribution in [0.4, 0.5) is 5.69 Å². The van der Waals surface area contributed by atoms with E-state index in [1.807, 2.05) is 32.9 Å². The Morgan fingerprint density at radius 2 is 1.74 bits per heavy atom. The molecule has 4 nitrogen and oxygen atoms in total. The van der Waals surface area contributed by atoms with Gasteiger partial charge in [0.15, 0.2) is 0 Å². The van der Waals surface area contributed by atoms with Crippen LogP contribution in [0, 0.1) is 27.7 Å². The van der Waals surface area contributed by atoms with Gasteiger partial charge in [0.1, 0.15) is 11.5 Å². The lowest BCUT2D eigenvalue weighted by Crippen LogP contribution is -2.16. The third-order valence-corrected chi connectivity index (χ3v) is 2.92. The van der Waals surface area contributed by atoms with Crippen LogP contribution in [0.25, 0.3) is 0 Å². The van der Waals surface area contributed by atoms with Crippen molar-refractivity contribution in [3.8, 4) is 0 Å². The summed E-state index contributed by atoms with van der Waals surface area (Å²) in [5.41, 5.74) is 4.53. The molecular formula is C15H17N3O. The molecule has 0 radical (unpaired) electrons. The number of nitrogens with one attached hydrogen (secondary N) is 1. The molecule has 4 heteroatoms. The number of carbonyl (C=O) groups is 1. The van der Waals surface area contributed by atoms with E-state index in [0.29, 0.717) is 11.5 Å². The fourth-order valence-electron chi connectivity index (χ4n) is 2.14. The molecule has 0 unspecified atom stereocenters. The highest BCUT2D eigenvalue weighted by molar-refractivity contribution is 6.03. The maximum Gasteiger partial charge on any atom is 0.274 e. The van der Waals surface area contributed by atoms with Crippen LogP contribution >= 0.6 is 0 Å². The number of aromatic nitrogens is 2. The predicted molar refractivity (Wildman–Crippen MR) is 75.4 cm³/mol. The van der Waals surface area contributed by atoms with Gasteiger partial charge in [0.2, 0.25) is 0 Å². The summed E-state index contributed by atoms with van der Waals surface area (Å²) in [5.74, 6) is 0.380. The molecule has 19 heavy (non-hydrogen) atoms. The van der Waals surface area contributed by atoms with Crippen LogP contribution in [-0.2, 0) is 0 Å². The van der Waals surface area contributed by atoms with Crippen molar-refractivity contribution in [3.63, 3.8) is 0 Å². The van der Waals surface area contributed by atoms with Crippen LogP contribution in [0.15, 0.2) is 24.4 Å². The average Bonchev–Trinajstić information content (AvgIpc) is 2.33. The standard InChI is InChI=1S/C15H17N3O/c1-9-7-10(2)14(11(3)8-9)18-15(19)13-5-6-16-12(4)17-13/h5-8H,1-4H3,(H,18,19). The second-order valence-corrected chi connectivity index (χ2v) is 4.72. The lowest BCUT2D eigenvalue weighted by atomic mass is 10.1. The molecule has 1 aromatic heterocycles. The zero-order valence-corrected chi connectivity index (χ0v) is 11.6. The quantitative estimate of drug-likeness (QED) is 0.897. The van der Waals surface area contributed by atoms with E-state index in [-0.39, 0.29) is 5.91 Å². The van der Waals surface area contributed by atoms with Crippen LogP contribution < -0.4 is 5.32 Å². The summed E-state index contributed by atoms with van der Waals surface area (Å²) in [5, 5.41) is 2.92. The van der Waals surface area contributed by atoms with E-state index in [0.717, 1.165) is 16.8 Å². The molecule has 0 saturated heterocycles. The Balaban J connectivity index is 2.29. The van der Waals surface area contributed by atoms with Gasteiger partial charge in [0.25, 0.3) is 5.91 Å². The van der Waals surface area contributed by atoms with Crippen LogP contribution in [0.5, 0.6) is 0 Å². The van der Waals surface area contributed by atoms with Gasteiger partial charge in [-0.1, -0.05) is 17.7 Å². The zero-order valence-electron chi connectivity index (χ0n) is 11.6. The Kier molecular flexibility index (Phi) is 3.60. The molecule has 0 aliphatic carbocycles. The lowest BCUT2D eigenvalue weighted by Gasteiger charge is -2.12. The largest absolute Gasteiger partial charge is 0.320 e. The van der Waals surface area contributed by atoms with Gasteiger partial charge in [-0.15, -0.1) is 0 Å². The monoisotopic (exact) mass is 255 g/mol. The summed E-state index contributed by atoms with van der Waals surface area (Å²) in [6.07, 6.45) is 1.59. The smallest absolute Gasteiger partial charge is 0.274 e. The summed E-state index contributed by atoms with van der Waals surface area (Å²) in [7, 11) is 0. The van der Waals surface area contributed by atoms with Crippen LogP contribution in [0.1, 0.15) is 33.0 Å². The number of rotatable bonds is 2. The summed E-state index contributed by atoms with van der Waals surface area (Å²) in [6.45, 7) is 7.78. The van der Waals surface area contributed by atoms with E-state index in [9.17, 15) is 4.79 Å². The van der Waals surface area contributed by atoms with Crippen molar-refractivity contribution in [2.45, 2.75) is 27.7 Å². The van der Waals surface area contributed by atoms with E-state index in [1.165, 1.54) is 5.56 Å². The van der Waals surface area contributed by atoms with Gasteiger partial charge < -0.3 is 5.32 Å². The number of anilines is 1. The number of nitrogens with zero attached hydrogens (tertiary/aromatic N) is 2. The number of aryl methyl sites for hydroxylation is 4. The van der Waals surface area contributed by atoms with Gasteiger partial charge in [-0.2, -0.15) is 0 Å². The predicted octanol–water partition coefficient (Wildman–Crippen LogP) is 2.96. The fraction of sp³-hybridized carbons (Fsp3) is 0.267. The van der Waals surface area contributed by atoms with Gasteiger partial charge in [0, 0.05) is 11.9 Å². The fourth-order valence-corrected chi connectivity index (χ4v) is 2.14. The molecule has 0 aliphatic rings. The number of carbonyl (C=O) groups excluding carboxylic acids is 1. The second kappa shape index (κ2) is 5.18. The molecule has 2 aromatic rings. The van der Waals surface area contributed by atoms with Crippen LogP contribution in [0.2, 0.25) is 0 Å². The Morgan fingerprint density at radius 1 is 1.11 bits per heavy atom. The molecule has 1 heterocycles. The number of hydrogen-bond donors (Lipinski definition) is 1. The Morgan fingerprint density at radius 3 is 2.32 bits per heavy atom. The lowest BCUT2D eigenvalue weighted by molar-refractivity contribution is 0.102. The van der Waals surface area contributed by atoms with Crippen LogP contribution in [0.3, 0.4) is 0 Å². The number of benzene rings is 1. The molecule has 0 fully saturated rings. The van der Waals surface area contributed by atoms with Gasteiger partial charge >= 0.3 is 0 Å². The van der Waals surface area contributed by atoms with Gasteiger partial charge in [-0.05, 0) is 44.9 Å². The van der Waals surface area contributed by atoms with Crippen molar-refractivity contribution in [2.75, 3.05) is 5.32 Å². The molecule has 0 bridgehead atoms. The topological polar surface area (TPSA) is 54.9 Å². The molecule has 1 aromatic carbocycles. The van der Waals surface area contributed by atoms with Crippen molar-refractivity contribution in [2.24, 2.45) is 0 Å². The van der Waals surface area contributed by atoms with E-state index in [1.54, 1.807) is 19.2 Å². The zero-order chi connectivity index (χ0) is 14.0. The average molecular weight is 255 g/mol. The SMILES string of the molecule is Cc1cc(C)c(NC(=O)c2ccnc(C)n2)c(C)c1. The van der Waals surface area contributed by atoms with Gasteiger partial charge in [-0.25, -0.2) is 9.97 Å². The maximum atomic E-state index is 12.2. The summed E-state index contributed by atoms with van der Waals surface area (Å²) < 4.78 is 0. The first kappa shape index (κ1) is 13.2. The third-order valence-electron chi connectivity index (χ3n) is 2.92. The van der Waals surface area contributed by atoms with Crippen molar-refractivity contribution in [1.82, 2.24) is 9.97 Å². The van der Waals surface area contributed by atoms with Crippen molar-refractivity contribution >= 4 is 11.6 Å². The number of amides is 1. The summed E-state index contributed by atoms with van der Waals surface area (Å²) in [4.78, 5) is 20.3. The van der Waals surface area contributed by atoms with Crippen molar-refractivity contribution in [3.05, 3.63) is 52.6 Å². The Hall–Kier alpha value is -2.23. The highest BCUT2D eigenvalue weighted by atomic mass is 16.1. The molecule has 0 atom stereocenters. The van der Waals surface area contributed by atoms with Crippen molar-refractivity contribution in [1.29, 1.82) is 0 Å². The van der Waals surface area contributed by atoms with E-state index in [2.05, 4.69) is 15.3 Å². The van der Waals surface area contributed by atoms with E-state index in [4.69, 9.17) is 0 Å². The van der Waals surface area contributed by atoms with Gasteiger partial charge in [0.05, 0.1) is 0 Å². The molecule has 1 N–H and O–H groups in total. The first-order valence-corrected chi connectivity index (χ1v) is 6.16. The van der Waals surface area contributed by atoms with E-state index < -0.39 is 0 Å². The highest BCUT2D eigenvalue weighted by Crippen LogP contribution is 2.22. The molecular weight excluding hydrogens is 238 g/mol. The highest BCUT2D eigenvalue weighted by Gasteiger charge is 2.11. The molecule has 98 valence electrons. The first-order valence-electron chi connectivity index (χ1n) is 6.16. The molecule has 0 saturated carbocycles. The molecule has 1 amide bonds. The van der Waals surface area contributed by atoms with Gasteiger partial charge in [-0.3, -0.25) is 4.79 Å². The Labute approximate surface area is 112 Å². The third kappa shape index (κ3) is 2.96. The minimum absolute atomic E-state index is 0.208. The minimum atomic E-state index is -0.208.